The maximum absolute atomic E-state index is 12.8. The number of anilines is 1. The van der Waals surface area contributed by atoms with Gasteiger partial charge >= 0.3 is 5.97 Å². The first-order valence-corrected chi connectivity index (χ1v) is 9.49. The van der Waals surface area contributed by atoms with Crippen molar-refractivity contribution in [2.45, 2.75) is 19.4 Å². The first kappa shape index (κ1) is 21.6. The van der Waals surface area contributed by atoms with Gasteiger partial charge in [-0.1, -0.05) is 24.3 Å². The molecule has 1 aliphatic rings. The van der Waals surface area contributed by atoms with Gasteiger partial charge in [-0.25, -0.2) is 9.80 Å². The fourth-order valence-electron chi connectivity index (χ4n) is 3.07. The maximum atomic E-state index is 12.8. The number of carbonyl (C=O) groups is 3. The normalized spacial score (nSPS) is 15.5. The summed E-state index contributed by atoms with van der Waals surface area (Å²) in [5, 5.41) is 10.3. The van der Waals surface area contributed by atoms with E-state index < -0.39 is 23.9 Å². The van der Waals surface area contributed by atoms with Crippen LogP contribution in [0.2, 0.25) is 0 Å². The number of ether oxygens (including phenoxy) is 2. The van der Waals surface area contributed by atoms with Crippen LogP contribution in [0.5, 0.6) is 11.5 Å². The number of nitrogens with one attached hydrogen (secondary N) is 1. The number of carboxylic acid groups (broad SMARTS) is 1. The van der Waals surface area contributed by atoms with Crippen molar-refractivity contribution in [2.75, 3.05) is 12.1 Å². The van der Waals surface area contributed by atoms with Gasteiger partial charge in [0.1, 0.15) is 5.57 Å². The van der Waals surface area contributed by atoms with Crippen molar-refractivity contribution < 1.29 is 29.0 Å². The van der Waals surface area contributed by atoms with Crippen LogP contribution in [-0.2, 0) is 20.8 Å². The summed E-state index contributed by atoms with van der Waals surface area (Å²) in [6.45, 7) is 5.13. The zero-order valence-corrected chi connectivity index (χ0v) is 17.1. The third-order valence-electron chi connectivity index (χ3n) is 4.60. The Labute approximate surface area is 179 Å². The van der Waals surface area contributed by atoms with Gasteiger partial charge in [-0.05, 0) is 49.2 Å². The molecule has 2 aromatic carbocycles. The Morgan fingerprint density at radius 3 is 2.58 bits per heavy atom. The second-order valence-corrected chi connectivity index (χ2v) is 6.78. The minimum atomic E-state index is -1.12. The van der Waals surface area contributed by atoms with E-state index in [4.69, 9.17) is 14.6 Å². The molecule has 1 heterocycles. The van der Waals surface area contributed by atoms with Crippen molar-refractivity contribution in [1.82, 2.24) is 5.43 Å². The average molecular weight is 422 g/mol. The van der Waals surface area contributed by atoms with Gasteiger partial charge in [0.05, 0.1) is 12.8 Å². The number of amides is 2. The van der Waals surface area contributed by atoms with Crippen LogP contribution in [0, 0.1) is 0 Å². The molecule has 2 N–H and O–H groups in total. The lowest BCUT2D eigenvalue weighted by Crippen LogP contribution is -2.35. The van der Waals surface area contributed by atoms with Crippen molar-refractivity contribution in [3.05, 3.63) is 71.8 Å². The molecule has 0 bridgehead atoms. The topological polar surface area (TPSA) is 105 Å². The standard InChI is InChI=1S/C23H22N2O6/c1-4-8-16-11-15(13-19(30-3)20(16)31-14(2)23(28)29)12-18-21(26)24-25(22(18)27)17-9-6-5-7-10-17/h4-7,9-14H,1,8H2,2-3H3,(H,24,26)(H,28,29)/b18-12-/t14-/m0/s1. The molecule has 0 unspecified atom stereocenters. The van der Waals surface area contributed by atoms with Crippen molar-refractivity contribution in [2.24, 2.45) is 0 Å². The van der Waals surface area contributed by atoms with Crippen LogP contribution in [0.4, 0.5) is 5.69 Å². The molecule has 1 atom stereocenters. The monoisotopic (exact) mass is 422 g/mol. The van der Waals surface area contributed by atoms with Gasteiger partial charge in [0.2, 0.25) is 0 Å². The van der Waals surface area contributed by atoms with Crippen molar-refractivity contribution in [3.63, 3.8) is 0 Å². The number of carbonyl (C=O) groups excluding carboxylic acids is 2. The van der Waals surface area contributed by atoms with Crippen LogP contribution in [-0.4, -0.2) is 36.1 Å². The van der Waals surface area contributed by atoms with Gasteiger partial charge in [0.15, 0.2) is 17.6 Å². The summed E-state index contributed by atoms with van der Waals surface area (Å²) >= 11 is 0. The molecule has 8 nitrogen and oxygen atoms in total. The number of aliphatic carboxylic acids is 1. The number of methoxy groups -OCH3 is 1. The Balaban J connectivity index is 2.00. The molecule has 0 saturated carbocycles. The summed E-state index contributed by atoms with van der Waals surface area (Å²) < 4.78 is 11.0. The number of allylic oxidation sites excluding steroid dienone is 1. The lowest BCUT2D eigenvalue weighted by atomic mass is 10.0. The number of carboxylic acids is 1. The largest absolute Gasteiger partial charge is 0.493 e. The van der Waals surface area contributed by atoms with Crippen LogP contribution >= 0.6 is 0 Å². The highest BCUT2D eigenvalue weighted by molar-refractivity contribution is 6.31. The smallest absolute Gasteiger partial charge is 0.344 e. The molecule has 0 spiro atoms. The van der Waals surface area contributed by atoms with Crippen molar-refractivity contribution in [3.8, 4) is 11.5 Å². The van der Waals surface area contributed by atoms with Gasteiger partial charge in [-0.3, -0.25) is 15.0 Å². The predicted molar refractivity (Wildman–Crippen MR) is 115 cm³/mol. The number of hydrogen-bond donors (Lipinski definition) is 2. The van der Waals surface area contributed by atoms with Crippen LogP contribution in [0.1, 0.15) is 18.1 Å². The zero-order valence-electron chi connectivity index (χ0n) is 17.1. The van der Waals surface area contributed by atoms with Gasteiger partial charge in [0.25, 0.3) is 11.8 Å². The lowest BCUT2D eigenvalue weighted by molar-refractivity contribution is -0.144. The fraction of sp³-hybridized carbons (Fsp3) is 0.174. The third-order valence-corrected chi connectivity index (χ3v) is 4.60. The van der Waals surface area contributed by atoms with Crippen LogP contribution in [0.25, 0.3) is 6.08 Å². The van der Waals surface area contributed by atoms with E-state index in [2.05, 4.69) is 12.0 Å². The minimum absolute atomic E-state index is 0.0389. The Morgan fingerprint density at radius 1 is 1.26 bits per heavy atom. The predicted octanol–water partition coefficient (Wildman–Crippen LogP) is 2.74. The van der Waals surface area contributed by atoms with Crippen LogP contribution in [0.15, 0.2) is 60.7 Å². The molecule has 0 radical (unpaired) electrons. The van der Waals surface area contributed by atoms with E-state index in [1.165, 1.54) is 25.1 Å². The van der Waals surface area contributed by atoms with E-state index in [9.17, 15) is 14.4 Å². The maximum Gasteiger partial charge on any atom is 0.344 e. The van der Waals surface area contributed by atoms with Gasteiger partial charge in [-0.2, -0.15) is 0 Å². The lowest BCUT2D eigenvalue weighted by Gasteiger charge is -2.18. The average Bonchev–Trinajstić information content (AvgIpc) is 3.04. The molecular weight excluding hydrogens is 400 g/mol. The van der Waals surface area contributed by atoms with Crippen LogP contribution < -0.4 is 19.9 Å². The highest BCUT2D eigenvalue weighted by Crippen LogP contribution is 2.35. The van der Waals surface area contributed by atoms with E-state index in [1.807, 2.05) is 6.07 Å². The molecule has 2 aromatic rings. The van der Waals surface area contributed by atoms with Gasteiger partial charge < -0.3 is 14.6 Å². The number of hydrazine groups is 1. The van der Waals surface area contributed by atoms with E-state index in [0.717, 1.165) is 0 Å². The van der Waals surface area contributed by atoms with Gasteiger partial charge in [-0.15, -0.1) is 6.58 Å². The minimum Gasteiger partial charge on any atom is -0.493 e. The fourth-order valence-corrected chi connectivity index (χ4v) is 3.07. The summed E-state index contributed by atoms with van der Waals surface area (Å²) in [5.74, 6) is -1.58. The van der Waals surface area contributed by atoms with E-state index in [1.54, 1.807) is 42.5 Å². The second-order valence-electron chi connectivity index (χ2n) is 6.78. The van der Waals surface area contributed by atoms with Crippen molar-refractivity contribution >= 4 is 29.5 Å². The Morgan fingerprint density at radius 2 is 1.97 bits per heavy atom. The molecule has 1 aliphatic heterocycles. The van der Waals surface area contributed by atoms with Gasteiger partial charge in [0, 0.05) is 5.56 Å². The molecule has 2 amide bonds. The molecule has 0 aromatic heterocycles. The highest BCUT2D eigenvalue weighted by Gasteiger charge is 2.34. The molecule has 3 rings (SSSR count). The molecule has 1 saturated heterocycles. The van der Waals surface area contributed by atoms with E-state index in [-0.39, 0.29) is 17.1 Å². The van der Waals surface area contributed by atoms with E-state index >= 15 is 0 Å². The van der Waals surface area contributed by atoms with Crippen molar-refractivity contribution in [1.29, 1.82) is 0 Å². The summed E-state index contributed by atoms with van der Waals surface area (Å²) in [7, 11) is 1.42. The Bertz CT molecular complexity index is 1060. The molecular formula is C23H22N2O6. The Hall–Kier alpha value is -4.07. The van der Waals surface area contributed by atoms with Crippen LogP contribution in [0.3, 0.4) is 0 Å². The summed E-state index contributed by atoms with van der Waals surface area (Å²) in [4.78, 5) is 36.5. The zero-order chi connectivity index (χ0) is 22.5. The number of benzene rings is 2. The summed E-state index contributed by atoms with van der Waals surface area (Å²) in [6.07, 6.45) is 2.36. The number of para-hydroxylation sites is 1. The number of rotatable bonds is 8. The SMILES string of the molecule is C=CCc1cc(/C=C2/C(=O)NN(c3ccccc3)C2=O)cc(OC)c1O[C@@H](C)C(=O)O. The molecule has 160 valence electrons. The molecule has 0 aliphatic carbocycles. The second kappa shape index (κ2) is 9.17. The number of hydrogen-bond acceptors (Lipinski definition) is 5. The molecule has 31 heavy (non-hydrogen) atoms. The quantitative estimate of drug-likeness (QED) is 0.385. The summed E-state index contributed by atoms with van der Waals surface area (Å²) in [5.41, 5.74) is 4.19. The summed E-state index contributed by atoms with van der Waals surface area (Å²) in [6, 6.07) is 12.0. The molecule has 1 fully saturated rings. The molecule has 8 heteroatoms. The number of nitrogens with zero attached hydrogens (tertiary/aromatic N) is 1. The third kappa shape index (κ3) is 4.58. The first-order chi connectivity index (χ1) is 14.8. The highest BCUT2D eigenvalue weighted by atomic mass is 16.5. The Kier molecular flexibility index (Phi) is 6.40. The van der Waals surface area contributed by atoms with E-state index in [0.29, 0.717) is 23.2 Å². The first-order valence-electron chi connectivity index (χ1n) is 9.49.